The number of rotatable bonds is 6. The largest absolute Gasteiger partial charge is 0.394 e. The summed E-state index contributed by atoms with van der Waals surface area (Å²) in [6.07, 6.45) is 2.79. The van der Waals surface area contributed by atoms with Gasteiger partial charge in [0, 0.05) is 44.0 Å². The third-order valence-electron chi connectivity index (χ3n) is 6.39. The van der Waals surface area contributed by atoms with Gasteiger partial charge in [-0.05, 0) is 31.1 Å². The summed E-state index contributed by atoms with van der Waals surface area (Å²) >= 11 is 1.38. The first-order valence-corrected chi connectivity index (χ1v) is 11.0. The highest BCUT2D eigenvalue weighted by molar-refractivity contribution is 7.07. The van der Waals surface area contributed by atoms with Gasteiger partial charge in [0.15, 0.2) is 0 Å². The molecule has 2 amide bonds. The molecule has 2 bridgehead atoms. The zero-order chi connectivity index (χ0) is 19.7. The number of carbonyl (C=O) groups is 2. The second-order valence-electron chi connectivity index (χ2n) is 8.22. The van der Waals surface area contributed by atoms with Crippen molar-refractivity contribution in [3.63, 3.8) is 0 Å². The molecule has 5 atom stereocenters. The standard InChI is InChI=1S/C19H28N4O4S/c24-9-14(25)8-22-6-12-4-13(7-22)17(23-16(12)2-1-3-18(23)26)5-20-19(27)15-10-28-11-21-15/h10-14,16-17,24-25H,1-9H2,(H,20,27)/t12-,13+,14-,16+,17+/m1/s1. The van der Waals surface area contributed by atoms with E-state index in [1.807, 2.05) is 0 Å². The van der Waals surface area contributed by atoms with E-state index in [9.17, 15) is 19.8 Å². The number of aromatic nitrogens is 1. The number of aliphatic hydroxyl groups excluding tert-OH is 2. The fourth-order valence-electron chi connectivity index (χ4n) is 5.25. The van der Waals surface area contributed by atoms with E-state index in [2.05, 4.69) is 20.1 Å². The first kappa shape index (κ1) is 19.8. The third kappa shape index (κ3) is 3.94. The van der Waals surface area contributed by atoms with Gasteiger partial charge in [-0.2, -0.15) is 0 Å². The quantitative estimate of drug-likeness (QED) is 0.608. The van der Waals surface area contributed by atoms with E-state index in [-0.39, 0.29) is 36.4 Å². The van der Waals surface area contributed by atoms with Crippen molar-refractivity contribution in [2.45, 2.75) is 43.9 Å². The zero-order valence-corrected chi connectivity index (χ0v) is 16.7. The molecule has 0 unspecified atom stereocenters. The van der Waals surface area contributed by atoms with Crippen LogP contribution in [-0.4, -0.2) is 87.8 Å². The fraction of sp³-hybridized carbons (Fsp3) is 0.737. The lowest BCUT2D eigenvalue weighted by atomic mass is 9.72. The number of carbonyl (C=O) groups excluding carboxylic acids is 2. The van der Waals surface area contributed by atoms with Crippen molar-refractivity contribution >= 4 is 23.2 Å². The maximum atomic E-state index is 12.8. The van der Waals surface area contributed by atoms with Crippen molar-refractivity contribution in [2.24, 2.45) is 11.8 Å². The van der Waals surface area contributed by atoms with Gasteiger partial charge in [0.25, 0.3) is 5.91 Å². The number of aliphatic hydroxyl groups is 2. The SMILES string of the molecule is O=C(NC[C@H]1[C@H]2C[C@H](CN(C[C@@H](O)CO)C2)[C@@H]2CCCC(=O)N21)c1cscn1. The normalized spacial score (nSPS) is 31.4. The molecule has 9 heteroatoms. The number of amides is 2. The Balaban J connectivity index is 1.50. The first-order valence-electron chi connectivity index (χ1n) is 10.1. The van der Waals surface area contributed by atoms with Gasteiger partial charge in [0.1, 0.15) is 5.69 Å². The Kier molecular flexibility index (Phi) is 5.96. The van der Waals surface area contributed by atoms with Crippen LogP contribution in [0, 0.1) is 11.8 Å². The molecule has 0 spiro atoms. The van der Waals surface area contributed by atoms with E-state index in [0.717, 1.165) is 32.4 Å². The minimum absolute atomic E-state index is 0.0364. The van der Waals surface area contributed by atoms with Crippen molar-refractivity contribution in [1.82, 2.24) is 20.1 Å². The molecule has 4 rings (SSSR count). The van der Waals surface area contributed by atoms with E-state index >= 15 is 0 Å². The average Bonchev–Trinajstić information content (AvgIpc) is 3.23. The Labute approximate surface area is 168 Å². The smallest absolute Gasteiger partial charge is 0.270 e. The van der Waals surface area contributed by atoms with Crippen LogP contribution in [0.3, 0.4) is 0 Å². The van der Waals surface area contributed by atoms with Crippen molar-refractivity contribution in [3.05, 3.63) is 16.6 Å². The molecule has 28 heavy (non-hydrogen) atoms. The number of piperidine rings is 3. The molecule has 3 aliphatic heterocycles. The van der Waals surface area contributed by atoms with Crippen molar-refractivity contribution < 1.29 is 19.8 Å². The van der Waals surface area contributed by atoms with Gasteiger partial charge in [-0.3, -0.25) is 14.5 Å². The van der Waals surface area contributed by atoms with E-state index < -0.39 is 6.10 Å². The van der Waals surface area contributed by atoms with Crippen LogP contribution in [0.15, 0.2) is 10.9 Å². The van der Waals surface area contributed by atoms with Gasteiger partial charge in [-0.25, -0.2) is 4.98 Å². The van der Waals surface area contributed by atoms with E-state index in [1.54, 1.807) is 10.9 Å². The first-order chi connectivity index (χ1) is 13.6. The Bertz CT molecular complexity index is 700. The molecule has 3 fully saturated rings. The predicted octanol–water partition coefficient (Wildman–Crippen LogP) is -0.0725. The summed E-state index contributed by atoms with van der Waals surface area (Å²) in [5.41, 5.74) is 2.05. The molecule has 154 valence electrons. The molecule has 0 aliphatic carbocycles. The highest BCUT2D eigenvalue weighted by Crippen LogP contribution is 2.41. The van der Waals surface area contributed by atoms with Crippen LogP contribution < -0.4 is 5.32 Å². The van der Waals surface area contributed by atoms with Gasteiger partial charge in [-0.1, -0.05) is 0 Å². The van der Waals surface area contributed by atoms with Crippen LogP contribution in [0.1, 0.15) is 36.2 Å². The number of hydrogen-bond acceptors (Lipinski definition) is 7. The summed E-state index contributed by atoms with van der Waals surface area (Å²) in [5.74, 6) is 0.633. The molecule has 1 aromatic rings. The number of nitrogens with one attached hydrogen (secondary N) is 1. The molecule has 0 radical (unpaired) electrons. The third-order valence-corrected chi connectivity index (χ3v) is 6.98. The maximum absolute atomic E-state index is 12.8. The van der Waals surface area contributed by atoms with E-state index in [1.165, 1.54) is 11.3 Å². The second-order valence-corrected chi connectivity index (χ2v) is 8.94. The predicted molar refractivity (Wildman–Crippen MR) is 104 cm³/mol. The summed E-state index contributed by atoms with van der Waals surface area (Å²) < 4.78 is 0. The molecular weight excluding hydrogens is 380 g/mol. The monoisotopic (exact) mass is 408 g/mol. The molecule has 0 aromatic carbocycles. The number of likely N-dealkylation sites (tertiary alicyclic amines) is 1. The number of β-amino-alcohol motifs (C(OH)–C–C–N with tert-alkyl or cyclic N) is 1. The summed E-state index contributed by atoms with van der Waals surface area (Å²) in [6.45, 7) is 2.24. The van der Waals surface area contributed by atoms with Gasteiger partial charge < -0.3 is 20.4 Å². The van der Waals surface area contributed by atoms with Crippen LogP contribution >= 0.6 is 11.3 Å². The molecule has 3 aliphatic rings. The minimum atomic E-state index is -0.745. The molecular formula is C19H28N4O4S. The Morgan fingerprint density at radius 3 is 2.96 bits per heavy atom. The Morgan fingerprint density at radius 2 is 2.21 bits per heavy atom. The summed E-state index contributed by atoms with van der Waals surface area (Å²) in [6, 6.07) is 0.165. The minimum Gasteiger partial charge on any atom is -0.394 e. The summed E-state index contributed by atoms with van der Waals surface area (Å²) in [5, 5.41) is 23.8. The Morgan fingerprint density at radius 1 is 1.39 bits per heavy atom. The molecule has 3 N–H and O–H groups in total. The average molecular weight is 409 g/mol. The summed E-state index contributed by atoms with van der Waals surface area (Å²) in [7, 11) is 0. The van der Waals surface area contributed by atoms with Gasteiger partial charge in [0.2, 0.25) is 5.91 Å². The molecule has 8 nitrogen and oxygen atoms in total. The van der Waals surface area contributed by atoms with Crippen LogP contribution in [0.4, 0.5) is 0 Å². The number of fused-ring (bicyclic) bond motifs is 4. The lowest BCUT2D eigenvalue weighted by Crippen LogP contribution is -2.67. The van der Waals surface area contributed by atoms with Crippen molar-refractivity contribution in [1.29, 1.82) is 0 Å². The molecule has 1 aromatic heterocycles. The fourth-order valence-corrected chi connectivity index (χ4v) is 5.78. The van der Waals surface area contributed by atoms with Gasteiger partial charge >= 0.3 is 0 Å². The zero-order valence-electron chi connectivity index (χ0n) is 15.9. The number of nitrogens with zero attached hydrogens (tertiary/aromatic N) is 3. The molecule has 0 saturated carbocycles. The van der Waals surface area contributed by atoms with Crippen LogP contribution in [0.5, 0.6) is 0 Å². The van der Waals surface area contributed by atoms with Crippen LogP contribution in [0.2, 0.25) is 0 Å². The molecule has 3 saturated heterocycles. The van der Waals surface area contributed by atoms with Gasteiger partial charge in [0.05, 0.1) is 24.3 Å². The maximum Gasteiger partial charge on any atom is 0.270 e. The Hall–Kier alpha value is -1.55. The van der Waals surface area contributed by atoms with Gasteiger partial charge in [-0.15, -0.1) is 11.3 Å². The topological polar surface area (TPSA) is 106 Å². The van der Waals surface area contributed by atoms with Crippen molar-refractivity contribution in [2.75, 3.05) is 32.8 Å². The second kappa shape index (κ2) is 8.44. The highest BCUT2D eigenvalue weighted by Gasteiger charge is 2.49. The summed E-state index contributed by atoms with van der Waals surface area (Å²) in [4.78, 5) is 33.5. The highest BCUT2D eigenvalue weighted by atomic mass is 32.1. The van der Waals surface area contributed by atoms with Crippen LogP contribution in [0.25, 0.3) is 0 Å². The van der Waals surface area contributed by atoms with E-state index in [4.69, 9.17) is 0 Å². The lowest BCUT2D eigenvalue weighted by molar-refractivity contribution is -0.153. The lowest BCUT2D eigenvalue weighted by Gasteiger charge is -2.56. The number of hydrogen-bond donors (Lipinski definition) is 3. The molecule has 4 heterocycles. The van der Waals surface area contributed by atoms with Crippen LogP contribution in [-0.2, 0) is 4.79 Å². The van der Waals surface area contributed by atoms with E-state index in [0.29, 0.717) is 31.1 Å². The number of thiazole rings is 1. The van der Waals surface area contributed by atoms with Crippen molar-refractivity contribution in [3.8, 4) is 0 Å².